The Morgan fingerprint density at radius 3 is 2.44 bits per heavy atom. The number of nitrogen functional groups attached to an aromatic ring is 1. The summed E-state index contributed by atoms with van der Waals surface area (Å²) in [4.78, 5) is 16.1. The van der Waals surface area contributed by atoms with E-state index in [1.165, 1.54) is 0 Å². The minimum atomic E-state index is -0.377. The van der Waals surface area contributed by atoms with Crippen molar-refractivity contribution >= 4 is 34.8 Å². The first kappa shape index (κ1) is 28.0. The molecule has 11 nitrogen and oxygen atoms in total. The number of piperidine rings is 1. The van der Waals surface area contributed by atoms with Gasteiger partial charge in [-0.1, -0.05) is 42.3 Å². The monoisotopic (exact) mass is 576 g/mol. The third-order valence-corrected chi connectivity index (χ3v) is 8.31. The summed E-state index contributed by atoms with van der Waals surface area (Å²) in [6.07, 6.45) is 3.08. The first-order chi connectivity index (χ1) is 18.9. The third kappa shape index (κ3) is 5.98. The molecule has 4 N–H and O–H groups in total. The van der Waals surface area contributed by atoms with E-state index in [1.807, 2.05) is 24.3 Å². The van der Waals surface area contributed by atoms with Gasteiger partial charge in [0, 0.05) is 49.8 Å². The zero-order chi connectivity index (χ0) is 27.5. The van der Waals surface area contributed by atoms with Crippen LogP contribution in [0.15, 0.2) is 28.7 Å². The molecule has 3 aromatic rings. The van der Waals surface area contributed by atoms with Gasteiger partial charge in [-0.25, -0.2) is 9.97 Å². The van der Waals surface area contributed by atoms with Crippen LogP contribution in [-0.4, -0.2) is 91.6 Å². The molecule has 0 amide bonds. The highest BCUT2D eigenvalue weighted by molar-refractivity contribution is 6.32. The first-order valence-corrected chi connectivity index (χ1v) is 14.0. The van der Waals surface area contributed by atoms with Gasteiger partial charge in [0.25, 0.3) is 5.89 Å². The Morgan fingerprint density at radius 2 is 1.79 bits per heavy atom. The van der Waals surface area contributed by atoms with E-state index in [0.29, 0.717) is 22.9 Å². The lowest BCUT2D eigenvalue weighted by Crippen LogP contribution is -2.58. The molecule has 0 radical (unpaired) electrons. The van der Waals surface area contributed by atoms with E-state index in [2.05, 4.69) is 41.8 Å². The van der Waals surface area contributed by atoms with Gasteiger partial charge in [0.1, 0.15) is 6.61 Å². The summed E-state index contributed by atoms with van der Waals surface area (Å²) in [5.41, 5.74) is 7.50. The third-order valence-electron chi connectivity index (χ3n) is 7.80. The number of likely N-dealkylation sites (tertiary alicyclic amines) is 1. The van der Waals surface area contributed by atoms with Crippen LogP contribution in [0.3, 0.4) is 0 Å². The highest BCUT2D eigenvalue weighted by Gasteiger charge is 2.35. The van der Waals surface area contributed by atoms with E-state index in [9.17, 15) is 10.2 Å². The van der Waals surface area contributed by atoms with Gasteiger partial charge in [0.2, 0.25) is 5.89 Å². The maximum Gasteiger partial charge on any atom is 0.270 e. The van der Waals surface area contributed by atoms with Gasteiger partial charge in [-0.15, -0.1) is 10.2 Å². The van der Waals surface area contributed by atoms with Crippen molar-refractivity contribution in [1.29, 1.82) is 0 Å². The topological polar surface area (TPSA) is 141 Å². The Labute approximate surface area is 237 Å². The Morgan fingerprint density at radius 1 is 1.05 bits per heavy atom. The van der Waals surface area contributed by atoms with Crippen LogP contribution in [0.1, 0.15) is 43.7 Å². The van der Waals surface area contributed by atoms with Crippen molar-refractivity contribution in [1.82, 2.24) is 30.0 Å². The molecule has 4 heterocycles. The van der Waals surface area contributed by atoms with Crippen LogP contribution in [0.2, 0.25) is 10.2 Å². The van der Waals surface area contributed by atoms with Crippen molar-refractivity contribution < 1.29 is 14.6 Å². The fourth-order valence-corrected chi connectivity index (χ4v) is 6.11. The van der Waals surface area contributed by atoms with Crippen molar-refractivity contribution in [3.63, 3.8) is 0 Å². The molecule has 2 saturated heterocycles. The normalized spacial score (nSPS) is 20.4. The van der Waals surface area contributed by atoms with Crippen LogP contribution in [0, 0.1) is 0 Å². The lowest BCUT2D eigenvalue weighted by molar-refractivity contribution is 0.0356. The first-order valence-electron chi connectivity index (χ1n) is 13.3. The smallest absolute Gasteiger partial charge is 0.270 e. The van der Waals surface area contributed by atoms with E-state index in [-0.39, 0.29) is 47.7 Å². The van der Waals surface area contributed by atoms with Gasteiger partial charge in [-0.3, -0.25) is 9.80 Å². The molecule has 2 aliphatic heterocycles. The summed E-state index contributed by atoms with van der Waals surface area (Å²) in [5, 5.41) is 27.8. The Bertz CT molecular complexity index is 1250. The lowest BCUT2D eigenvalue weighted by Gasteiger charge is -2.48. The highest BCUT2D eigenvalue weighted by atomic mass is 35.5. The molecule has 0 bridgehead atoms. The maximum absolute atomic E-state index is 10.1. The summed E-state index contributed by atoms with van der Waals surface area (Å²) in [7, 11) is 0. The number of hydrogen-bond acceptors (Lipinski definition) is 11. The summed E-state index contributed by atoms with van der Waals surface area (Å²) >= 11 is 12.6. The number of benzene rings is 1. The Hall–Kier alpha value is -2.54. The fraction of sp³-hybridized carbons (Fsp3) is 0.538. The number of rotatable bonds is 8. The van der Waals surface area contributed by atoms with Crippen LogP contribution in [0.25, 0.3) is 11.6 Å². The molecule has 0 saturated carbocycles. The van der Waals surface area contributed by atoms with Gasteiger partial charge >= 0.3 is 0 Å². The number of nitrogens with two attached hydrogens (primary N) is 1. The molecule has 2 aliphatic rings. The second-order valence-electron chi connectivity index (χ2n) is 9.99. The van der Waals surface area contributed by atoms with Crippen molar-refractivity contribution in [3.05, 3.63) is 45.9 Å². The van der Waals surface area contributed by atoms with E-state index in [1.54, 1.807) is 0 Å². The molecule has 2 fully saturated rings. The largest absolute Gasteiger partial charge is 0.417 e. The van der Waals surface area contributed by atoms with Crippen LogP contribution in [0.5, 0.6) is 0 Å². The molecule has 1 aromatic carbocycles. The highest BCUT2D eigenvalue weighted by Crippen LogP contribution is 2.33. The maximum atomic E-state index is 10.1. The SMILES string of the molecule is CC[C@H]1CN(c2nc(N)c(-c3nnc(CO)o3)nc2Cl)CCN1C1CCN([C@H](CO)c2ccc(Cl)cc2)CC1. The van der Waals surface area contributed by atoms with Gasteiger partial charge in [0.15, 0.2) is 22.5 Å². The van der Waals surface area contributed by atoms with Crippen molar-refractivity contribution in [2.24, 2.45) is 0 Å². The molecule has 5 rings (SSSR count). The molecule has 0 aliphatic carbocycles. The lowest BCUT2D eigenvalue weighted by atomic mass is 9.96. The number of nitrogens with zero attached hydrogens (tertiary/aromatic N) is 7. The summed E-state index contributed by atoms with van der Waals surface area (Å²) < 4.78 is 5.36. The van der Waals surface area contributed by atoms with E-state index in [4.69, 9.17) is 33.4 Å². The van der Waals surface area contributed by atoms with Crippen molar-refractivity contribution in [2.45, 2.75) is 50.9 Å². The number of aromatic nitrogens is 4. The predicted molar refractivity (Wildman–Crippen MR) is 150 cm³/mol. The number of hydrogen-bond donors (Lipinski definition) is 3. The zero-order valence-electron chi connectivity index (χ0n) is 21.9. The van der Waals surface area contributed by atoms with Crippen molar-refractivity contribution in [2.75, 3.05) is 50.0 Å². The molecule has 0 spiro atoms. The molecular weight excluding hydrogens is 543 g/mol. The number of aliphatic hydroxyl groups excluding tert-OH is 2. The number of anilines is 2. The quantitative estimate of drug-likeness (QED) is 0.364. The van der Waals surface area contributed by atoms with Crippen LogP contribution in [0.4, 0.5) is 11.6 Å². The molecular formula is C26H34Cl2N8O3. The van der Waals surface area contributed by atoms with Crippen LogP contribution >= 0.6 is 23.2 Å². The minimum absolute atomic E-state index is 0.0152. The van der Waals surface area contributed by atoms with Gasteiger partial charge in [0.05, 0.1) is 12.6 Å². The average Bonchev–Trinajstić information content (AvgIpc) is 3.45. The number of halogens is 2. The average molecular weight is 578 g/mol. The van der Waals surface area contributed by atoms with Crippen molar-refractivity contribution in [3.8, 4) is 11.6 Å². The predicted octanol–water partition coefficient (Wildman–Crippen LogP) is 3.01. The zero-order valence-corrected chi connectivity index (χ0v) is 23.4. The summed E-state index contributed by atoms with van der Waals surface area (Å²) in [6, 6.07) is 8.57. The Kier molecular flexibility index (Phi) is 8.85. The molecule has 39 heavy (non-hydrogen) atoms. The molecule has 210 valence electrons. The fourth-order valence-electron chi connectivity index (χ4n) is 5.74. The van der Waals surface area contributed by atoms with Gasteiger partial charge < -0.3 is 25.3 Å². The van der Waals surface area contributed by atoms with Crippen LogP contribution < -0.4 is 10.6 Å². The van der Waals surface area contributed by atoms with E-state index in [0.717, 1.165) is 57.5 Å². The Balaban J connectivity index is 1.23. The van der Waals surface area contributed by atoms with Crippen LogP contribution in [-0.2, 0) is 6.61 Å². The summed E-state index contributed by atoms with van der Waals surface area (Å²) in [5.74, 6) is 0.821. The summed E-state index contributed by atoms with van der Waals surface area (Å²) in [6.45, 7) is 6.17. The molecule has 0 unspecified atom stereocenters. The minimum Gasteiger partial charge on any atom is -0.417 e. The molecule has 13 heteroatoms. The standard InChI is InChI=1S/C26H34Cl2N8O3/c1-2-18-13-35(25-23(28)30-22(24(29)31-25)26-33-32-21(15-38)39-26)11-12-36(18)19-7-9-34(10-8-19)20(14-37)16-3-5-17(27)6-4-16/h3-6,18-20,37-38H,2,7-15H2,1H3,(H2,29,31)/t18-,20+/m0/s1. The number of piperazine rings is 1. The molecule has 2 aromatic heterocycles. The van der Waals surface area contributed by atoms with E-state index >= 15 is 0 Å². The second kappa shape index (κ2) is 12.3. The van der Waals surface area contributed by atoms with Gasteiger partial charge in [-0.2, -0.15) is 0 Å². The molecule has 2 atom stereocenters. The van der Waals surface area contributed by atoms with E-state index < -0.39 is 0 Å². The number of aliphatic hydroxyl groups is 2. The second-order valence-corrected chi connectivity index (χ2v) is 10.8. The van der Waals surface area contributed by atoms with Gasteiger partial charge in [-0.05, 0) is 37.0 Å².